The Morgan fingerprint density at radius 1 is 1.25 bits per heavy atom. The number of rotatable bonds is 6. The molecule has 2 atom stereocenters. The standard InChI is InChI=1S/C14H19F2NO2S/c1-4-17(5-2)14(18)9-20(19)10(3)11-6-7-12(15)13(16)8-11/h6-8,10H,4-5,9H2,1-3H3. The van der Waals surface area contributed by atoms with Gasteiger partial charge in [-0.25, -0.2) is 8.78 Å². The SMILES string of the molecule is CCN(CC)C(=O)CS(=O)C(C)c1ccc(F)c(F)c1. The van der Waals surface area contributed by atoms with Gasteiger partial charge in [0.1, 0.15) is 5.75 Å². The van der Waals surface area contributed by atoms with Crippen molar-refractivity contribution in [1.29, 1.82) is 0 Å². The average Bonchev–Trinajstić information content (AvgIpc) is 2.42. The number of amides is 1. The summed E-state index contributed by atoms with van der Waals surface area (Å²) in [5.41, 5.74) is 0.426. The predicted molar refractivity (Wildman–Crippen MR) is 75.7 cm³/mol. The second-order valence-electron chi connectivity index (χ2n) is 4.41. The molecule has 0 spiro atoms. The molecule has 0 aromatic heterocycles. The number of hydrogen-bond acceptors (Lipinski definition) is 2. The zero-order chi connectivity index (χ0) is 15.3. The maximum Gasteiger partial charge on any atom is 0.235 e. The Labute approximate surface area is 120 Å². The van der Waals surface area contributed by atoms with E-state index in [4.69, 9.17) is 0 Å². The molecule has 0 fully saturated rings. The van der Waals surface area contributed by atoms with Crippen LogP contribution < -0.4 is 0 Å². The second-order valence-corrected chi connectivity index (χ2v) is 6.16. The number of hydrogen-bond donors (Lipinski definition) is 0. The molecule has 1 aromatic carbocycles. The topological polar surface area (TPSA) is 37.4 Å². The number of nitrogens with zero attached hydrogens (tertiary/aromatic N) is 1. The summed E-state index contributed by atoms with van der Waals surface area (Å²) in [5, 5.41) is -0.524. The molecule has 0 bridgehead atoms. The van der Waals surface area contributed by atoms with Gasteiger partial charge in [-0.1, -0.05) is 6.07 Å². The van der Waals surface area contributed by atoms with Crippen LogP contribution in [0, 0.1) is 11.6 Å². The summed E-state index contributed by atoms with van der Waals surface area (Å²) in [6, 6.07) is 3.42. The third-order valence-corrected chi connectivity index (χ3v) is 4.78. The van der Waals surface area contributed by atoms with Crippen molar-refractivity contribution in [3.05, 3.63) is 35.4 Å². The number of carbonyl (C=O) groups excluding carboxylic acids is 1. The number of benzene rings is 1. The van der Waals surface area contributed by atoms with Crippen LogP contribution in [0.3, 0.4) is 0 Å². The minimum atomic E-state index is -1.46. The summed E-state index contributed by atoms with van der Waals surface area (Å²) >= 11 is 0. The van der Waals surface area contributed by atoms with Gasteiger partial charge in [-0.05, 0) is 38.5 Å². The quantitative estimate of drug-likeness (QED) is 0.810. The van der Waals surface area contributed by atoms with E-state index in [-0.39, 0.29) is 11.7 Å². The molecule has 6 heteroatoms. The minimum Gasteiger partial charge on any atom is -0.342 e. The monoisotopic (exact) mass is 303 g/mol. The molecular weight excluding hydrogens is 284 g/mol. The van der Waals surface area contributed by atoms with Crippen molar-refractivity contribution in [2.75, 3.05) is 18.8 Å². The summed E-state index contributed by atoms with van der Waals surface area (Å²) in [4.78, 5) is 13.5. The Kier molecular flexibility index (Phi) is 6.26. The smallest absolute Gasteiger partial charge is 0.235 e. The zero-order valence-electron chi connectivity index (χ0n) is 11.9. The van der Waals surface area contributed by atoms with Crippen molar-refractivity contribution in [1.82, 2.24) is 4.90 Å². The van der Waals surface area contributed by atoms with E-state index in [9.17, 15) is 17.8 Å². The van der Waals surface area contributed by atoms with Crippen molar-refractivity contribution in [2.24, 2.45) is 0 Å². The van der Waals surface area contributed by atoms with Gasteiger partial charge >= 0.3 is 0 Å². The van der Waals surface area contributed by atoms with Gasteiger partial charge in [-0.2, -0.15) is 0 Å². The molecule has 1 rings (SSSR count). The molecule has 2 unspecified atom stereocenters. The van der Waals surface area contributed by atoms with Crippen LogP contribution in [0.15, 0.2) is 18.2 Å². The van der Waals surface area contributed by atoms with Crippen LogP contribution in [0.4, 0.5) is 8.78 Å². The molecule has 0 heterocycles. The first-order chi connectivity index (χ1) is 9.40. The summed E-state index contributed by atoms with van der Waals surface area (Å²) in [6.45, 7) is 6.46. The van der Waals surface area contributed by atoms with E-state index in [1.54, 1.807) is 11.8 Å². The van der Waals surface area contributed by atoms with Crippen LogP contribution in [0.5, 0.6) is 0 Å². The van der Waals surface area contributed by atoms with Crippen LogP contribution in [-0.4, -0.2) is 33.9 Å². The molecule has 0 N–H and O–H groups in total. The first kappa shape index (κ1) is 16.8. The second kappa shape index (κ2) is 7.47. The summed E-state index contributed by atoms with van der Waals surface area (Å²) < 4.78 is 38.1. The van der Waals surface area contributed by atoms with Gasteiger partial charge in [-0.15, -0.1) is 0 Å². The van der Waals surface area contributed by atoms with E-state index in [1.807, 2.05) is 13.8 Å². The lowest BCUT2D eigenvalue weighted by atomic mass is 10.1. The van der Waals surface area contributed by atoms with Crippen molar-refractivity contribution < 1.29 is 17.8 Å². The predicted octanol–water partition coefficient (Wildman–Crippen LogP) is 2.64. The lowest BCUT2D eigenvalue weighted by Gasteiger charge is -2.19. The highest BCUT2D eigenvalue weighted by Gasteiger charge is 2.20. The molecule has 0 aliphatic heterocycles. The molecule has 0 saturated carbocycles. The Balaban J connectivity index is 2.76. The van der Waals surface area contributed by atoms with Gasteiger partial charge < -0.3 is 4.90 Å². The van der Waals surface area contributed by atoms with Crippen molar-refractivity contribution in [2.45, 2.75) is 26.0 Å². The molecule has 0 aliphatic carbocycles. The minimum absolute atomic E-state index is 0.109. The molecule has 112 valence electrons. The van der Waals surface area contributed by atoms with Crippen molar-refractivity contribution in [3.63, 3.8) is 0 Å². The zero-order valence-corrected chi connectivity index (χ0v) is 12.7. The highest BCUT2D eigenvalue weighted by Crippen LogP contribution is 2.21. The Bertz CT molecular complexity index is 504. The maximum absolute atomic E-state index is 13.2. The van der Waals surface area contributed by atoms with Gasteiger partial charge in [0.25, 0.3) is 0 Å². The molecule has 1 aromatic rings. The molecule has 0 radical (unpaired) electrons. The van der Waals surface area contributed by atoms with Crippen molar-refractivity contribution in [3.8, 4) is 0 Å². The lowest BCUT2D eigenvalue weighted by molar-refractivity contribution is -0.128. The van der Waals surface area contributed by atoms with Gasteiger partial charge in [0.15, 0.2) is 11.6 Å². The summed E-state index contributed by atoms with van der Waals surface area (Å²) in [5.74, 6) is -2.21. The van der Waals surface area contributed by atoms with Crippen LogP contribution in [-0.2, 0) is 15.6 Å². The Hall–Kier alpha value is -1.30. The van der Waals surface area contributed by atoms with E-state index in [2.05, 4.69) is 0 Å². The van der Waals surface area contributed by atoms with E-state index in [0.29, 0.717) is 18.7 Å². The Morgan fingerprint density at radius 2 is 1.85 bits per heavy atom. The Morgan fingerprint density at radius 3 is 2.35 bits per heavy atom. The van der Waals surface area contributed by atoms with E-state index >= 15 is 0 Å². The highest BCUT2D eigenvalue weighted by atomic mass is 32.2. The summed E-state index contributed by atoms with van der Waals surface area (Å²) in [6.07, 6.45) is 0. The van der Waals surface area contributed by atoms with Crippen LogP contribution in [0.25, 0.3) is 0 Å². The molecule has 0 aliphatic rings. The maximum atomic E-state index is 13.2. The molecule has 1 amide bonds. The molecule has 3 nitrogen and oxygen atoms in total. The molecular formula is C14H19F2NO2S. The fraction of sp³-hybridized carbons (Fsp3) is 0.500. The number of carbonyl (C=O) groups is 1. The molecule has 0 saturated heterocycles. The normalized spacial score (nSPS) is 13.8. The van der Waals surface area contributed by atoms with E-state index in [0.717, 1.165) is 12.1 Å². The highest BCUT2D eigenvalue weighted by molar-refractivity contribution is 7.86. The molecule has 20 heavy (non-hydrogen) atoms. The van der Waals surface area contributed by atoms with Crippen LogP contribution in [0.1, 0.15) is 31.6 Å². The summed E-state index contributed by atoms with van der Waals surface area (Å²) in [7, 11) is -1.46. The van der Waals surface area contributed by atoms with Crippen LogP contribution in [0.2, 0.25) is 0 Å². The van der Waals surface area contributed by atoms with Gasteiger partial charge in [0.2, 0.25) is 5.91 Å². The van der Waals surface area contributed by atoms with E-state index in [1.165, 1.54) is 6.07 Å². The third kappa shape index (κ3) is 4.10. The van der Waals surface area contributed by atoms with Gasteiger partial charge in [0.05, 0.1) is 5.25 Å². The third-order valence-electron chi connectivity index (χ3n) is 3.19. The average molecular weight is 303 g/mol. The van der Waals surface area contributed by atoms with Gasteiger partial charge in [-0.3, -0.25) is 9.00 Å². The van der Waals surface area contributed by atoms with Gasteiger partial charge in [0, 0.05) is 23.9 Å². The van der Waals surface area contributed by atoms with Crippen LogP contribution >= 0.6 is 0 Å². The fourth-order valence-electron chi connectivity index (χ4n) is 1.83. The fourth-order valence-corrected chi connectivity index (χ4v) is 2.96. The van der Waals surface area contributed by atoms with E-state index < -0.39 is 27.7 Å². The first-order valence-electron chi connectivity index (χ1n) is 6.50. The lowest BCUT2D eigenvalue weighted by Crippen LogP contribution is -2.34. The largest absolute Gasteiger partial charge is 0.342 e. The number of halogens is 2. The first-order valence-corrected chi connectivity index (χ1v) is 7.88. The van der Waals surface area contributed by atoms with Crippen molar-refractivity contribution >= 4 is 16.7 Å².